The molecule has 39 heavy (non-hydrogen) atoms. The molecule has 4 rings (SSSR count). The van der Waals surface area contributed by atoms with E-state index in [0.717, 1.165) is 54.0 Å². The van der Waals surface area contributed by atoms with Crippen LogP contribution in [0.4, 0.5) is 23.7 Å². The Hall–Kier alpha value is -2.97. The third kappa shape index (κ3) is 6.79. The highest BCUT2D eigenvalue weighted by molar-refractivity contribution is 7.92. The molecule has 0 unspecified atom stereocenters. The summed E-state index contributed by atoms with van der Waals surface area (Å²) in [4.78, 5) is 29.2. The number of urea groups is 1. The summed E-state index contributed by atoms with van der Waals surface area (Å²) >= 11 is 0. The minimum atomic E-state index is -4.82. The van der Waals surface area contributed by atoms with E-state index in [1.54, 1.807) is 0 Å². The Kier molecular flexibility index (Phi) is 8.66. The van der Waals surface area contributed by atoms with Gasteiger partial charge < -0.3 is 21.1 Å². The first kappa shape index (κ1) is 29.0. The molecule has 1 saturated heterocycles. The number of nitrogens with zero attached hydrogens (tertiary/aromatic N) is 2. The number of rotatable bonds is 7. The number of nitrogens with one attached hydrogen (secondary N) is 3. The Morgan fingerprint density at radius 1 is 1.21 bits per heavy atom. The summed E-state index contributed by atoms with van der Waals surface area (Å²) in [7, 11) is -4.08. The number of hydrogen-bond donors (Lipinski definition) is 4. The Morgan fingerprint density at radius 3 is 2.54 bits per heavy atom. The molecular weight excluding hydrogens is 539 g/mol. The summed E-state index contributed by atoms with van der Waals surface area (Å²) in [6.07, 6.45) is 1.70. The smallest absolute Gasteiger partial charge is 0.395 e. The van der Waals surface area contributed by atoms with Crippen molar-refractivity contribution in [3.8, 4) is 0 Å². The standard InChI is InChI=1S/C25H32F3N5O5S/c26-25(27,28)20-16-19(30-23(36)29-11-14-34)7-6-17(20)8-15-39(37,38)33-12-9-24(10-13-33)22(35)31-21(32-24)18-4-2-1-3-5-18/h6-8,15-16,18,34H,1-5,9-14H2,(H2,29,30,36)(H,31,32,35). The maximum atomic E-state index is 13.7. The molecule has 1 spiro atoms. The summed E-state index contributed by atoms with van der Waals surface area (Å²) < 4.78 is 68.2. The molecule has 2 heterocycles. The zero-order valence-corrected chi connectivity index (χ0v) is 22.1. The van der Waals surface area contributed by atoms with Gasteiger partial charge in [0.05, 0.1) is 12.2 Å². The zero-order chi connectivity index (χ0) is 28.3. The second kappa shape index (κ2) is 11.6. The van der Waals surface area contributed by atoms with Gasteiger partial charge in [0.25, 0.3) is 5.91 Å². The van der Waals surface area contributed by atoms with E-state index < -0.39 is 38.9 Å². The summed E-state index contributed by atoms with van der Waals surface area (Å²) in [6, 6.07) is 2.19. The number of carbonyl (C=O) groups is 2. The zero-order valence-electron chi connectivity index (χ0n) is 21.3. The predicted molar refractivity (Wildman–Crippen MR) is 139 cm³/mol. The van der Waals surface area contributed by atoms with Crippen LogP contribution in [0.1, 0.15) is 56.1 Å². The van der Waals surface area contributed by atoms with Crippen molar-refractivity contribution in [1.29, 1.82) is 0 Å². The monoisotopic (exact) mass is 571 g/mol. The number of aliphatic imine (C=N–C) groups is 1. The lowest BCUT2D eigenvalue weighted by molar-refractivity contribution is -0.137. The molecule has 4 N–H and O–H groups in total. The fraction of sp³-hybridized carbons (Fsp3) is 0.560. The van der Waals surface area contributed by atoms with Crippen molar-refractivity contribution in [3.63, 3.8) is 0 Å². The van der Waals surface area contributed by atoms with E-state index in [1.165, 1.54) is 6.07 Å². The largest absolute Gasteiger partial charge is 0.417 e. The molecular formula is C25H32F3N5O5S. The fourth-order valence-electron chi connectivity index (χ4n) is 5.18. The molecule has 10 nitrogen and oxygen atoms in total. The fourth-order valence-corrected chi connectivity index (χ4v) is 6.36. The highest BCUT2D eigenvalue weighted by Gasteiger charge is 2.48. The van der Waals surface area contributed by atoms with Crippen LogP contribution in [0.15, 0.2) is 28.6 Å². The number of aliphatic hydroxyl groups excluding tert-OH is 1. The van der Waals surface area contributed by atoms with Gasteiger partial charge >= 0.3 is 12.2 Å². The highest BCUT2D eigenvalue weighted by Crippen LogP contribution is 2.36. The molecule has 3 aliphatic rings. The van der Waals surface area contributed by atoms with Gasteiger partial charge in [0, 0.05) is 36.6 Å². The van der Waals surface area contributed by atoms with E-state index in [-0.39, 0.29) is 56.6 Å². The van der Waals surface area contributed by atoms with Crippen LogP contribution in [0.3, 0.4) is 0 Å². The number of piperidine rings is 1. The second-order valence-electron chi connectivity index (χ2n) is 9.97. The molecule has 0 bridgehead atoms. The van der Waals surface area contributed by atoms with E-state index in [9.17, 15) is 31.2 Å². The lowest BCUT2D eigenvalue weighted by Gasteiger charge is -2.34. The Bertz CT molecular complexity index is 1250. The molecule has 0 atom stereocenters. The number of amidine groups is 1. The van der Waals surface area contributed by atoms with E-state index in [0.29, 0.717) is 11.9 Å². The third-order valence-corrected chi connectivity index (χ3v) is 8.90. The molecule has 3 amide bonds. The van der Waals surface area contributed by atoms with Gasteiger partial charge in [0.15, 0.2) is 0 Å². The number of benzene rings is 1. The van der Waals surface area contributed by atoms with Gasteiger partial charge in [0.2, 0.25) is 10.0 Å². The lowest BCUT2D eigenvalue weighted by Crippen LogP contribution is -2.50. The topological polar surface area (TPSA) is 140 Å². The summed E-state index contributed by atoms with van der Waals surface area (Å²) in [5.74, 6) is 0.690. The number of amides is 3. The maximum absolute atomic E-state index is 13.7. The van der Waals surface area contributed by atoms with E-state index in [4.69, 9.17) is 10.1 Å². The minimum Gasteiger partial charge on any atom is -0.395 e. The number of carbonyl (C=O) groups excluding carboxylic acids is 2. The number of aliphatic hydroxyl groups is 1. The van der Waals surface area contributed by atoms with Crippen LogP contribution < -0.4 is 16.0 Å². The average molecular weight is 572 g/mol. The van der Waals surface area contributed by atoms with Crippen LogP contribution in [-0.2, 0) is 21.0 Å². The Labute approximate surface area is 224 Å². The van der Waals surface area contributed by atoms with Crippen molar-refractivity contribution >= 4 is 39.6 Å². The third-order valence-electron chi connectivity index (χ3n) is 7.33. The molecule has 2 fully saturated rings. The minimum absolute atomic E-state index is 0.0134. The SMILES string of the molecule is O=C(NCCO)Nc1ccc(C=CS(=O)(=O)N2CCC3(CC2)N=C(C2CCCCC2)NC3=O)c(C(F)(F)F)c1. The molecule has 1 aromatic rings. The molecule has 214 valence electrons. The number of alkyl halides is 3. The van der Waals surface area contributed by atoms with Crippen LogP contribution in [-0.4, -0.2) is 67.4 Å². The number of anilines is 1. The molecule has 1 aromatic carbocycles. The van der Waals surface area contributed by atoms with E-state index >= 15 is 0 Å². The van der Waals surface area contributed by atoms with Crippen LogP contribution in [0.25, 0.3) is 6.08 Å². The number of sulfonamides is 1. The van der Waals surface area contributed by atoms with Crippen LogP contribution in [0.5, 0.6) is 0 Å². The van der Waals surface area contributed by atoms with Gasteiger partial charge in [0.1, 0.15) is 11.4 Å². The number of hydrogen-bond acceptors (Lipinski definition) is 6. The molecule has 2 aliphatic heterocycles. The van der Waals surface area contributed by atoms with Crippen LogP contribution in [0.2, 0.25) is 0 Å². The molecule has 0 radical (unpaired) electrons. The first-order chi connectivity index (χ1) is 18.4. The highest BCUT2D eigenvalue weighted by atomic mass is 32.2. The van der Waals surface area contributed by atoms with Crippen molar-refractivity contribution in [2.75, 3.05) is 31.6 Å². The lowest BCUT2D eigenvalue weighted by atomic mass is 9.88. The number of halogens is 3. The second-order valence-corrected chi connectivity index (χ2v) is 11.8. The van der Waals surface area contributed by atoms with E-state index in [1.807, 2.05) is 0 Å². The molecule has 1 aliphatic carbocycles. The van der Waals surface area contributed by atoms with Crippen molar-refractivity contribution in [1.82, 2.24) is 14.9 Å². The summed E-state index contributed by atoms with van der Waals surface area (Å²) in [5, 5.41) is 16.9. The van der Waals surface area contributed by atoms with Gasteiger partial charge in [-0.2, -0.15) is 17.5 Å². The predicted octanol–water partition coefficient (Wildman–Crippen LogP) is 3.06. The van der Waals surface area contributed by atoms with Crippen LogP contribution in [0, 0.1) is 5.92 Å². The quantitative estimate of drug-likeness (QED) is 0.398. The van der Waals surface area contributed by atoms with Gasteiger partial charge in [-0.05, 0) is 49.5 Å². The van der Waals surface area contributed by atoms with Crippen molar-refractivity contribution in [3.05, 3.63) is 34.7 Å². The van der Waals surface area contributed by atoms with Crippen molar-refractivity contribution in [2.24, 2.45) is 10.9 Å². The summed E-state index contributed by atoms with van der Waals surface area (Å²) in [6.45, 7) is -0.384. The van der Waals surface area contributed by atoms with Gasteiger partial charge in [-0.15, -0.1) is 0 Å². The van der Waals surface area contributed by atoms with Crippen molar-refractivity contribution < 1.29 is 36.3 Å². The first-order valence-corrected chi connectivity index (χ1v) is 14.4. The first-order valence-electron chi connectivity index (χ1n) is 12.9. The summed E-state index contributed by atoms with van der Waals surface area (Å²) in [5.41, 5.74) is -2.67. The van der Waals surface area contributed by atoms with Gasteiger partial charge in [-0.3, -0.25) is 9.79 Å². The molecule has 1 saturated carbocycles. The molecule has 14 heteroatoms. The normalized spacial score (nSPS) is 20.7. The van der Waals surface area contributed by atoms with Gasteiger partial charge in [-0.25, -0.2) is 13.2 Å². The molecule has 0 aromatic heterocycles. The maximum Gasteiger partial charge on any atom is 0.417 e. The van der Waals surface area contributed by atoms with Crippen molar-refractivity contribution in [2.45, 2.75) is 56.7 Å². The van der Waals surface area contributed by atoms with Gasteiger partial charge in [-0.1, -0.05) is 25.3 Å². The average Bonchev–Trinajstić information content (AvgIpc) is 3.22. The Balaban J connectivity index is 1.45. The van der Waals surface area contributed by atoms with Crippen LogP contribution >= 0.6 is 0 Å². The Morgan fingerprint density at radius 2 is 1.90 bits per heavy atom. The van der Waals surface area contributed by atoms with E-state index in [2.05, 4.69) is 16.0 Å².